The van der Waals surface area contributed by atoms with Gasteiger partial charge >= 0.3 is 0 Å². The van der Waals surface area contributed by atoms with Gasteiger partial charge in [-0.2, -0.15) is 11.8 Å². The summed E-state index contributed by atoms with van der Waals surface area (Å²) in [6.07, 6.45) is 7.00. The third-order valence-electron chi connectivity index (χ3n) is 3.98. The SMILES string of the molecule is CCCNC(CSC(C)(C)C)C1CCC(C)CC1. The Hall–Kier alpha value is 0.310. The molecule has 1 aliphatic carbocycles. The van der Waals surface area contributed by atoms with Gasteiger partial charge in [-0.15, -0.1) is 0 Å². The van der Waals surface area contributed by atoms with Gasteiger partial charge < -0.3 is 5.32 Å². The van der Waals surface area contributed by atoms with Crippen LogP contribution in [-0.2, 0) is 0 Å². The van der Waals surface area contributed by atoms with E-state index in [2.05, 4.69) is 51.7 Å². The molecule has 1 saturated carbocycles. The molecule has 0 bridgehead atoms. The molecule has 2 heteroatoms. The minimum absolute atomic E-state index is 0.397. The summed E-state index contributed by atoms with van der Waals surface area (Å²) in [6, 6.07) is 0.738. The van der Waals surface area contributed by atoms with E-state index in [1.54, 1.807) is 0 Å². The zero-order valence-electron chi connectivity index (χ0n) is 13.1. The van der Waals surface area contributed by atoms with Crippen LogP contribution in [0.3, 0.4) is 0 Å². The smallest absolute Gasteiger partial charge is 0.0186 e. The third kappa shape index (κ3) is 6.47. The summed E-state index contributed by atoms with van der Waals surface area (Å²) in [5.74, 6) is 3.16. The minimum atomic E-state index is 0.397. The Morgan fingerprint density at radius 3 is 2.28 bits per heavy atom. The highest BCUT2D eigenvalue weighted by atomic mass is 32.2. The van der Waals surface area contributed by atoms with Crippen LogP contribution in [0, 0.1) is 11.8 Å². The quantitative estimate of drug-likeness (QED) is 0.750. The van der Waals surface area contributed by atoms with Gasteiger partial charge in [-0.1, -0.05) is 47.5 Å². The van der Waals surface area contributed by atoms with Crippen LogP contribution in [0.15, 0.2) is 0 Å². The molecule has 0 aliphatic heterocycles. The van der Waals surface area contributed by atoms with Crippen molar-refractivity contribution in [2.45, 2.75) is 77.5 Å². The molecule has 0 aromatic heterocycles. The molecule has 0 aromatic carbocycles. The molecule has 1 N–H and O–H groups in total. The number of hydrogen-bond acceptors (Lipinski definition) is 2. The fourth-order valence-corrected chi connectivity index (χ4v) is 3.79. The lowest BCUT2D eigenvalue weighted by Crippen LogP contribution is -2.41. The van der Waals surface area contributed by atoms with Gasteiger partial charge in [0.15, 0.2) is 0 Å². The number of hydrogen-bond donors (Lipinski definition) is 1. The molecular formula is C16H33NS. The van der Waals surface area contributed by atoms with Crippen LogP contribution in [-0.4, -0.2) is 23.1 Å². The Morgan fingerprint density at radius 2 is 1.78 bits per heavy atom. The van der Waals surface area contributed by atoms with Crippen LogP contribution >= 0.6 is 11.8 Å². The fraction of sp³-hybridized carbons (Fsp3) is 1.00. The summed E-state index contributed by atoms with van der Waals surface area (Å²) in [5, 5.41) is 3.81. The van der Waals surface area contributed by atoms with E-state index in [0.29, 0.717) is 4.75 Å². The molecule has 0 heterocycles. The second kappa shape index (κ2) is 7.79. The van der Waals surface area contributed by atoms with Crippen molar-refractivity contribution < 1.29 is 0 Å². The van der Waals surface area contributed by atoms with Crippen molar-refractivity contribution in [2.24, 2.45) is 11.8 Å². The van der Waals surface area contributed by atoms with Gasteiger partial charge in [-0.3, -0.25) is 0 Å². The summed E-state index contributed by atoms with van der Waals surface area (Å²) in [5.41, 5.74) is 0. The van der Waals surface area contributed by atoms with Crippen LogP contribution < -0.4 is 5.32 Å². The summed E-state index contributed by atoms with van der Waals surface area (Å²) in [4.78, 5) is 0. The molecule has 1 fully saturated rings. The Bertz CT molecular complexity index is 214. The average molecular weight is 272 g/mol. The molecular weight excluding hydrogens is 238 g/mol. The Morgan fingerprint density at radius 1 is 1.17 bits per heavy atom. The van der Waals surface area contributed by atoms with Crippen molar-refractivity contribution in [3.8, 4) is 0 Å². The van der Waals surface area contributed by atoms with Crippen molar-refractivity contribution in [2.75, 3.05) is 12.3 Å². The van der Waals surface area contributed by atoms with Crippen molar-refractivity contribution in [1.82, 2.24) is 5.32 Å². The first kappa shape index (κ1) is 16.4. The van der Waals surface area contributed by atoms with E-state index in [1.807, 2.05) is 0 Å². The van der Waals surface area contributed by atoms with E-state index in [-0.39, 0.29) is 0 Å². The third-order valence-corrected chi connectivity index (χ3v) is 5.37. The molecule has 1 aliphatic rings. The number of thioether (sulfide) groups is 1. The molecule has 0 amide bonds. The van der Waals surface area contributed by atoms with E-state index in [0.717, 1.165) is 17.9 Å². The molecule has 1 rings (SSSR count). The summed E-state index contributed by atoms with van der Waals surface area (Å²) < 4.78 is 0.397. The topological polar surface area (TPSA) is 12.0 Å². The molecule has 0 aromatic rings. The molecule has 108 valence electrons. The van der Waals surface area contributed by atoms with Gasteiger partial charge in [0.1, 0.15) is 0 Å². The lowest BCUT2D eigenvalue weighted by atomic mass is 9.79. The van der Waals surface area contributed by atoms with Gasteiger partial charge in [0.2, 0.25) is 0 Å². The van der Waals surface area contributed by atoms with Gasteiger partial charge in [0.25, 0.3) is 0 Å². The highest BCUT2D eigenvalue weighted by Crippen LogP contribution is 2.33. The number of rotatable bonds is 6. The Balaban J connectivity index is 2.43. The van der Waals surface area contributed by atoms with Crippen LogP contribution in [0.25, 0.3) is 0 Å². The van der Waals surface area contributed by atoms with Crippen molar-refractivity contribution in [3.05, 3.63) is 0 Å². The molecule has 18 heavy (non-hydrogen) atoms. The van der Waals surface area contributed by atoms with Gasteiger partial charge in [-0.25, -0.2) is 0 Å². The first-order valence-electron chi connectivity index (χ1n) is 7.79. The van der Waals surface area contributed by atoms with E-state index in [4.69, 9.17) is 0 Å². The summed E-state index contributed by atoms with van der Waals surface area (Å²) in [7, 11) is 0. The monoisotopic (exact) mass is 271 g/mol. The second-order valence-electron chi connectivity index (χ2n) is 7.00. The lowest BCUT2D eigenvalue weighted by molar-refractivity contribution is 0.242. The average Bonchev–Trinajstić information content (AvgIpc) is 2.29. The van der Waals surface area contributed by atoms with E-state index < -0.39 is 0 Å². The van der Waals surface area contributed by atoms with Crippen LogP contribution in [0.1, 0.15) is 66.7 Å². The number of nitrogens with one attached hydrogen (secondary N) is 1. The lowest BCUT2D eigenvalue weighted by Gasteiger charge is -2.34. The van der Waals surface area contributed by atoms with E-state index >= 15 is 0 Å². The van der Waals surface area contributed by atoms with E-state index in [1.165, 1.54) is 44.4 Å². The van der Waals surface area contributed by atoms with Crippen LogP contribution in [0.2, 0.25) is 0 Å². The zero-order chi connectivity index (χ0) is 13.6. The predicted octanol–water partition coefficient (Wildman–Crippen LogP) is 4.71. The largest absolute Gasteiger partial charge is 0.313 e. The Kier molecular flexibility index (Phi) is 7.08. The molecule has 1 unspecified atom stereocenters. The van der Waals surface area contributed by atoms with Crippen LogP contribution in [0.4, 0.5) is 0 Å². The van der Waals surface area contributed by atoms with Gasteiger partial charge in [0, 0.05) is 16.5 Å². The molecule has 1 atom stereocenters. The first-order valence-corrected chi connectivity index (χ1v) is 8.78. The highest BCUT2D eigenvalue weighted by Gasteiger charge is 2.26. The summed E-state index contributed by atoms with van der Waals surface area (Å²) >= 11 is 2.12. The standard InChI is InChI=1S/C16H33NS/c1-6-11-17-15(12-18-16(3,4)5)14-9-7-13(2)8-10-14/h13-15,17H,6-12H2,1-5H3. The molecule has 0 saturated heterocycles. The summed E-state index contributed by atoms with van der Waals surface area (Å²) in [6.45, 7) is 12.9. The minimum Gasteiger partial charge on any atom is -0.313 e. The normalized spacial score (nSPS) is 27.2. The van der Waals surface area contributed by atoms with Crippen LogP contribution in [0.5, 0.6) is 0 Å². The molecule has 0 spiro atoms. The van der Waals surface area contributed by atoms with E-state index in [9.17, 15) is 0 Å². The predicted molar refractivity (Wildman–Crippen MR) is 85.4 cm³/mol. The van der Waals surface area contributed by atoms with Crippen molar-refractivity contribution in [1.29, 1.82) is 0 Å². The maximum Gasteiger partial charge on any atom is 0.0186 e. The zero-order valence-corrected chi connectivity index (χ0v) is 13.9. The highest BCUT2D eigenvalue weighted by molar-refractivity contribution is 8.00. The fourth-order valence-electron chi connectivity index (χ4n) is 2.72. The maximum atomic E-state index is 3.81. The second-order valence-corrected chi connectivity index (χ2v) is 8.85. The van der Waals surface area contributed by atoms with Crippen molar-refractivity contribution >= 4 is 11.8 Å². The maximum absolute atomic E-state index is 3.81. The molecule has 1 nitrogen and oxygen atoms in total. The van der Waals surface area contributed by atoms with Gasteiger partial charge in [0.05, 0.1) is 0 Å². The first-order chi connectivity index (χ1) is 8.42. The van der Waals surface area contributed by atoms with Crippen molar-refractivity contribution in [3.63, 3.8) is 0 Å². The Labute approximate surface area is 119 Å². The molecule has 0 radical (unpaired) electrons. The van der Waals surface area contributed by atoms with Gasteiger partial charge in [-0.05, 0) is 37.6 Å².